The van der Waals surface area contributed by atoms with Crippen molar-refractivity contribution in [1.29, 1.82) is 0 Å². The average molecular weight is 344 g/mol. The molecule has 0 aromatic heterocycles. The number of carbonyl (C=O) groups excluding carboxylic acids is 1. The summed E-state index contributed by atoms with van der Waals surface area (Å²) in [5, 5.41) is 0. The second-order valence-corrected chi connectivity index (χ2v) is 6.54. The maximum absolute atomic E-state index is 11.3. The van der Waals surface area contributed by atoms with Crippen LogP contribution < -0.4 is 0 Å². The van der Waals surface area contributed by atoms with Crippen molar-refractivity contribution >= 4 is 15.4 Å². The van der Waals surface area contributed by atoms with Crippen LogP contribution in [0.5, 0.6) is 0 Å². The van der Waals surface area contributed by atoms with E-state index >= 15 is 0 Å². The van der Waals surface area contributed by atoms with Crippen molar-refractivity contribution in [2.45, 2.75) is 103 Å². The van der Waals surface area contributed by atoms with E-state index in [1.807, 2.05) is 6.08 Å². The summed E-state index contributed by atoms with van der Waals surface area (Å²) in [6, 6.07) is 0. The molecule has 0 aromatic rings. The average Bonchev–Trinajstić information content (AvgIpc) is 2.57. The molecule has 0 heterocycles. The van der Waals surface area contributed by atoms with Crippen LogP contribution in [0.2, 0.25) is 0 Å². The monoisotopic (exact) mass is 344 g/mol. The van der Waals surface area contributed by atoms with Crippen LogP contribution in [0, 0.1) is 0 Å². The van der Waals surface area contributed by atoms with Crippen LogP contribution in [0.1, 0.15) is 97.3 Å². The van der Waals surface area contributed by atoms with Crippen LogP contribution in [0.3, 0.4) is 0 Å². The van der Waals surface area contributed by atoms with Gasteiger partial charge in [-0.1, -0.05) is 77.6 Å². The molecule has 0 N–H and O–H groups in total. The van der Waals surface area contributed by atoms with Crippen LogP contribution in [-0.2, 0) is 14.1 Å². The molecule has 23 heavy (non-hydrogen) atoms. The van der Waals surface area contributed by atoms with Gasteiger partial charge in [0.15, 0.2) is 6.10 Å². The maximum atomic E-state index is 11.3. The third-order valence-corrected chi connectivity index (χ3v) is 4.45. The van der Waals surface area contributed by atoms with Gasteiger partial charge in [0, 0.05) is 9.47 Å². The summed E-state index contributed by atoms with van der Waals surface area (Å²) in [6.07, 6.45) is 20.2. The van der Waals surface area contributed by atoms with Gasteiger partial charge in [-0.2, -0.15) is 0 Å². The van der Waals surface area contributed by atoms with Gasteiger partial charge in [0.05, 0.1) is 6.26 Å². The molecule has 136 valence electrons. The molecule has 0 aliphatic heterocycles. The zero-order valence-electron chi connectivity index (χ0n) is 15.2. The Bertz CT molecular complexity index is 292. The molecule has 0 aromatic carbocycles. The minimum absolute atomic E-state index is 0.356. The van der Waals surface area contributed by atoms with Crippen LogP contribution in [0.15, 0.2) is 12.3 Å². The largest absolute Gasteiger partial charge is 0.433 e. The second kappa shape index (κ2) is 17.9. The number of carbonyl (C=O) groups is 1. The molecule has 2 atom stereocenters. The Hall–Kier alpha value is -0.400. The van der Waals surface area contributed by atoms with Crippen molar-refractivity contribution in [2.75, 3.05) is 0 Å². The van der Waals surface area contributed by atoms with E-state index in [4.69, 9.17) is 9.26 Å². The summed E-state index contributed by atoms with van der Waals surface area (Å²) in [6.45, 7) is 3.93. The first kappa shape index (κ1) is 22.6. The molecule has 0 fully saturated rings. The van der Waals surface area contributed by atoms with E-state index in [0.29, 0.717) is 0 Å². The fourth-order valence-electron chi connectivity index (χ4n) is 2.44. The van der Waals surface area contributed by atoms with Gasteiger partial charge < -0.3 is 9.26 Å². The quantitative estimate of drug-likeness (QED) is 0.142. The molecule has 3 nitrogen and oxygen atoms in total. The van der Waals surface area contributed by atoms with Gasteiger partial charge in [-0.25, -0.2) is 4.79 Å². The number of unbranched alkanes of at least 4 members (excludes halogenated alkanes) is 12. The first-order valence-electron chi connectivity index (χ1n) is 9.43. The fraction of sp³-hybridized carbons (Fsp3) is 0.842. The third-order valence-electron chi connectivity index (χ3n) is 4.04. The van der Waals surface area contributed by atoms with Crippen molar-refractivity contribution in [3.05, 3.63) is 12.3 Å². The topological polar surface area (TPSA) is 35.5 Å². The predicted molar refractivity (Wildman–Crippen MR) is 101 cm³/mol. The van der Waals surface area contributed by atoms with E-state index in [-0.39, 0.29) is 5.97 Å². The number of allylic oxidation sites excluding steroid dienone is 1. The Morgan fingerprint density at radius 2 is 1.39 bits per heavy atom. The fourth-order valence-corrected chi connectivity index (χ4v) is 2.55. The standard InChI is InChI=1S/C19H37O3P/c1-3-4-5-6-7-8-9-10-11-12-13-14-15-16-17-21-19(20)18(2)22-23/h16-18H,3-15,23H2,1-2H3. The van der Waals surface area contributed by atoms with Crippen LogP contribution in [0.25, 0.3) is 0 Å². The molecule has 0 aliphatic rings. The number of hydrogen-bond acceptors (Lipinski definition) is 3. The summed E-state index contributed by atoms with van der Waals surface area (Å²) < 4.78 is 9.74. The van der Waals surface area contributed by atoms with Gasteiger partial charge in [-0.05, 0) is 25.8 Å². The lowest BCUT2D eigenvalue weighted by atomic mass is 10.0. The summed E-state index contributed by atoms with van der Waals surface area (Å²) in [7, 11) is 2.07. The molecule has 0 saturated carbocycles. The third kappa shape index (κ3) is 16.2. The van der Waals surface area contributed by atoms with Crippen LogP contribution >= 0.6 is 9.47 Å². The number of ether oxygens (including phenoxy) is 1. The van der Waals surface area contributed by atoms with Gasteiger partial charge in [0.2, 0.25) is 0 Å². The van der Waals surface area contributed by atoms with Crippen molar-refractivity contribution in [1.82, 2.24) is 0 Å². The number of rotatable bonds is 16. The first-order valence-corrected chi connectivity index (χ1v) is 9.90. The summed E-state index contributed by atoms with van der Waals surface area (Å²) in [4.78, 5) is 11.3. The van der Waals surface area contributed by atoms with Crippen molar-refractivity contribution in [3.8, 4) is 0 Å². The van der Waals surface area contributed by atoms with E-state index in [1.54, 1.807) is 6.92 Å². The Morgan fingerprint density at radius 3 is 1.87 bits per heavy atom. The Balaban J connectivity index is 3.20. The second-order valence-electron chi connectivity index (χ2n) is 6.26. The maximum Gasteiger partial charge on any atom is 0.340 e. The first-order chi connectivity index (χ1) is 11.2. The SMILES string of the molecule is CCCCCCCCCCCCCCC=COC(=O)C(C)OP. The van der Waals surface area contributed by atoms with Gasteiger partial charge in [0.25, 0.3) is 0 Å². The minimum atomic E-state index is -0.531. The lowest BCUT2D eigenvalue weighted by molar-refractivity contribution is -0.144. The summed E-state index contributed by atoms with van der Waals surface area (Å²) in [5.74, 6) is -0.356. The molecule has 0 amide bonds. The molecule has 0 bridgehead atoms. The smallest absolute Gasteiger partial charge is 0.340 e. The lowest BCUT2D eigenvalue weighted by Crippen LogP contribution is -2.17. The van der Waals surface area contributed by atoms with Gasteiger partial charge >= 0.3 is 5.97 Å². The highest BCUT2D eigenvalue weighted by Crippen LogP contribution is 2.12. The molecule has 0 radical (unpaired) electrons. The van der Waals surface area contributed by atoms with Gasteiger partial charge in [-0.15, -0.1) is 0 Å². The van der Waals surface area contributed by atoms with Crippen molar-refractivity contribution in [2.24, 2.45) is 0 Å². The zero-order valence-corrected chi connectivity index (χ0v) is 16.4. The Kier molecular flexibility index (Phi) is 17.6. The molecule has 2 unspecified atom stereocenters. The number of hydrogen-bond donors (Lipinski definition) is 0. The summed E-state index contributed by atoms with van der Waals surface area (Å²) >= 11 is 0. The highest BCUT2D eigenvalue weighted by Gasteiger charge is 2.11. The normalized spacial score (nSPS) is 12.7. The highest BCUT2D eigenvalue weighted by atomic mass is 31.0. The Morgan fingerprint density at radius 1 is 0.913 bits per heavy atom. The zero-order chi connectivity index (χ0) is 17.2. The molecule has 0 rings (SSSR count). The van der Waals surface area contributed by atoms with E-state index in [9.17, 15) is 4.79 Å². The predicted octanol–water partition coefficient (Wildman–Crippen LogP) is 6.33. The molecule has 4 heteroatoms. The van der Waals surface area contributed by atoms with E-state index in [1.165, 1.54) is 83.3 Å². The van der Waals surface area contributed by atoms with E-state index in [0.717, 1.165) is 6.42 Å². The van der Waals surface area contributed by atoms with Crippen LogP contribution in [-0.4, -0.2) is 12.1 Å². The highest BCUT2D eigenvalue weighted by molar-refractivity contribution is 7.09. The molecule has 0 saturated heterocycles. The van der Waals surface area contributed by atoms with Crippen molar-refractivity contribution in [3.63, 3.8) is 0 Å². The van der Waals surface area contributed by atoms with Crippen molar-refractivity contribution < 1.29 is 14.1 Å². The van der Waals surface area contributed by atoms with Gasteiger partial charge in [-0.3, -0.25) is 0 Å². The summed E-state index contributed by atoms with van der Waals surface area (Å²) in [5.41, 5.74) is 0. The molecular weight excluding hydrogens is 307 g/mol. The van der Waals surface area contributed by atoms with E-state index < -0.39 is 6.10 Å². The Labute approximate surface area is 145 Å². The lowest BCUT2D eigenvalue weighted by Gasteiger charge is -2.05. The molecule has 0 spiro atoms. The molecule has 0 aliphatic carbocycles. The van der Waals surface area contributed by atoms with E-state index in [2.05, 4.69) is 16.4 Å². The van der Waals surface area contributed by atoms with Gasteiger partial charge in [0.1, 0.15) is 0 Å². The molecular formula is C19H37O3P. The minimum Gasteiger partial charge on any atom is -0.433 e. The number of esters is 1. The van der Waals surface area contributed by atoms with Crippen LogP contribution in [0.4, 0.5) is 0 Å².